The van der Waals surface area contributed by atoms with Gasteiger partial charge < -0.3 is 10.2 Å². The third-order valence-electron chi connectivity index (χ3n) is 6.83. The zero-order valence-electron chi connectivity index (χ0n) is 21.9. The monoisotopic (exact) mass is 526 g/mol. The molecule has 4 aromatic rings. The third-order valence-corrected chi connectivity index (χ3v) is 7.07. The van der Waals surface area contributed by atoms with Crippen molar-refractivity contribution in [1.82, 2.24) is 10.2 Å². The first-order valence-corrected chi connectivity index (χ1v) is 13.7. The molecule has 38 heavy (non-hydrogen) atoms. The standard InChI is InChI=1S/C33H35ClN2O2/c1-2-3-21-35-33(38)31(23-25-11-5-4-6-12-25)36(24-26-13-9-17-29(34)22-26)32(37)20-19-28-16-10-15-27-14-7-8-18-30(27)28/h4-18,22,31H,2-3,19-21,23-24H2,1H3,(H,35,38)/t31-/m0/s1. The van der Waals surface area contributed by atoms with Crippen LogP contribution >= 0.6 is 11.6 Å². The van der Waals surface area contributed by atoms with Crippen molar-refractivity contribution in [2.45, 2.75) is 51.6 Å². The average Bonchev–Trinajstić information content (AvgIpc) is 2.94. The quantitative estimate of drug-likeness (QED) is 0.202. The highest BCUT2D eigenvalue weighted by Crippen LogP contribution is 2.22. The number of hydrogen-bond donors (Lipinski definition) is 1. The second kappa shape index (κ2) is 13.8. The zero-order valence-corrected chi connectivity index (χ0v) is 22.7. The summed E-state index contributed by atoms with van der Waals surface area (Å²) in [5, 5.41) is 6.00. The number of carbonyl (C=O) groups excluding carboxylic acids is 2. The van der Waals surface area contributed by atoms with Gasteiger partial charge in [-0.1, -0.05) is 110 Å². The Morgan fingerprint density at radius 3 is 2.37 bits per heavy atom. The van der Waals surface area contributed by atoms with Gasteiger partial charge in [0.25, 0.3) is 0 Å². The van der Waals surface area contributed by atoms with Gasteiger partial charge in [-0.2, -0.15) is 0 Å². The number of rotatable bonds is 12. The molecule has 0 saturated heterocycles. The first kappa shape index (κ1) is 27.4. The Labute approximate surface area is 230 Å². The Morgan fingerprint density at radius 2 is 1.58 bits per heavy atom. The van der Waals surface area contributed by atoms with Crippen LogP contribution in [0.2, 0.25) is 5.02 Å². The number of unbranched alkanes of at least 4 members (excludes halogenated alkanes) is 1. The van der Waals surface area contributed by atoms with E-state index >= 15 is 0 Å². The van der Waals surface area contributed by atoms with E-state index in [0.717, 1.165) is 40.3 Å². The fraction of sp³-hybridized carbons (Fsp3) is 0.273. The molecule has 5 heteroatoms. The second-order valence-corrected chi connectivity index (χ2v) is 10.1. The average molecular weight is 527 g/mol. The van der Waals surface area contributed by atoms with Crippen LogP contribution in [0.1, 0.15) is 42.9 Å². The van der Waals surface area contributed by atoms with E-state index in [-0.39, 0.29) is 11.8 Å². The van der Waals surface area contributed by atoms with Gasteiger partial charge in [0.2, 0.25) is 11.8 Å². The van der Waals surface area contributed by atoms with E-state index in [1.54, 1.807) is 4.90 Å². The lowest BCUT2D eigenvalue weighted by Gasteiger charge is -2.32. The molecule has 0 aromatic heterocycles. The normalized spacial score (nSPS) is 11.7. The first-order valence-electron chi connectivity index (χ1n) is 13.4. The van der Waals surface area contributed by atoms with Gasteiger partial charge in [-0.25, -0.2) is 0 Å². The minimum atomic E-state index is -0.631. The Hall–Kier alpha value is -3.63. The topological polar surface area (TPSA) is 49.4 Å². The number of nitrogens with zero attached hydrogens (tertiary/aromatic N) is 1. The second-order valence-electron chi connectivity index (χ2n) is 9.64. The zero-order chi connectivity index (χ0) is 26.7. The van der Waals surface area contributed by atoms with Crippen molar-refractivity contribution < 1.29 is 9.59 Å². The van der Waals surface area contributed by atoms with Crippen LogP contribution in [0.5, 0.6) is 0 Å². The van der Waals surface area contributed by atoms with Crippen molar-refractivity contribution in [2.24, 2.45) is 0 Å². The molecule has 2 amide bonds. The lowest BCUT2D eigenvalue weighted by atomic mass is 9.99. The van der Waals surface area contributed by atoms with Gasteiger partial charge in [0.15, 0.2) is 0 Å². The largest absolute Gasteiger partial charge is 0.354 e. The van der Waals surface area contributed by atoms with Crippen LogP contribution in [0.4, 0.5) is 0 Å². The van der Waals surface area contributed by atoms with Crippen molar-refractivity contribution >= 4 is 34.2 Å². The van der Waals surface area contributed by atoms with Crippen LogP contribution in [0.25, 0.3) is 10.8 Å². The van der Waals surface area contributed by atoms with Gasteiger partial charge >= 0.3 is 0 Å². The van der Waals surface area contributed by atoms with Crippen LogP contribution in [0.3, 0.4) is 0 Å². The van der Waals surface area contributed by atoms with Crippen molar-refractivity contribution in [1.29, 1.82) is 0 Å². The van der Waals surface area contributed by atoms with Crippen LogP contribution < -0.4 is 5.32 Å². The Bertz CT molecular complexity index is 1350. The van der Waals surface area contributed by atoms with E-state index in [1.807, 2.05) is 72.8 Å². The number of hydrogen-bond acceptors (Lipinski definition) is 2. The van der Waals surface area contributed by atoms with E-state index in [1.165, 1.54) is 0 Å². The molecule has 0 saturated carbocycles. The first-order chi connectivity index (χ1) is 18.5. The molecule has 4 rings (SSSR count). The third kappa shape index (κ3) is 7.45. The van der Waals surface area contributed by atoms with Crippen molar-refractivity contribution in [2.75, 3.05) is 6.54 Å². The van der Waals surface area contributed by atoms with E-state index in [9.17, 15) is 9.59 Å². The molecule has 196 valence electrons. The fourth-order valence-corrected chi connectivity index (χ4v) is 5.00. The van der Waals surface area contributed by atoms with E-state index < -0.39 is 6.04 Å². The maximum atomic E-state index is 13.9. The smallest absolute Gasteiger partial charge is 0.243 e. The molecule has 1 atom stereocenters. The molecular weight excluding hydrogens is 492 g/mol. The van der Waals surface area contributed by atoms with Crippen molar-refractivity contribution in [3.05, 3.63) is 119 Å². The summed E-state index contributed by atoms with van der Waals surface area (Å²) in [6.07, 6.45) is 3.23. The summed E-state index contributed by atoms with van der Waals surface area (Å²) < 4.78 is 0. The van der Waals surface area contributed by atoms with Gasteiger partial charge in [-0.15, -0.1) is 0 Å². The molecular formula is C33H35ClN2O2. The lowest BCUT2D eigenvalue weighted by Crippen LogP contribution is -2.50. The number of carbonyl (C=O) groups is 2. The number of aryl methyl sites for hydroxylation is 1. The maximum Gasteiger partial charge on any atom is 0.243 e. The number of nitrogens with one attached hydrogen (secondary N) is 1. The van der Waals surface area contributed by atoms with Gasteiger partial charge in [-0.3, -0.25) is 9.59 Å². The van der Waals surface area contributed by atoms with Crippen LogP contribution in [-0.2, 0) is 29.0 Å². The molecule has 0 radical (unpaired) electrons. The summed E-state index contributed by atoms with van der Waals surface area (Å²) in [7, 11) is 0. The van der Waals surface area contributed by atoms with Crippen LogP contribution in [-0.4, -0.2) is 29.3 Å². The van der Waals surface area contributed by atoms with Gasteiger partial charge in [0, 0.05) is 31.0 Å². The Kier molecular flexibility index (Phi) is 9.94. The Morgan fingerprint density at radius 1 is 0.868 bits per heavy atom. The molecule has 0 aliphatic rings. The van der Waals surface area contributed by atoms with Crippen LogP contribution in [0.15, 0.2) is 97.1 Å². The fourth-order valence-electron chi connectivity index (χ4n) is 4.79. The molecule has 0 spiro atoms. The summed E-state index contributed by atoms with van der Waals surface area (Å²) in [6, 6.07) is 31.2. The summed E-state index contributed by atoms with van der Waals surface area (Å²) in [4.78, 5) is 29.2. The SMILES string of the molecule is CCCCNC(=O)[C@H](Cc1ccccc1)N(Cc1cccc(Cl)c1)C(=O)CCc1cccc2ccccc12. The summed E-state index contributed by atoms with van der Waals surface area (Å²) in [5.41, 5.74) is 3.04. The molecule has 0 unspecified atom stereocenters. The van der Waals surface area contributed by atoms with Crippen LogP contribution in [0, 0.1) is 0 Å². The number of halogens is 1. The minimum Gasteiger partial charge on any atom is -0.354 e. The molecule has 0 fully saturated rings. The number of fused-ring (bicyclic) bond motifs is 1. The predicted molar refractivity (Wildman–Crippen MR) is 156 cm³/mol. The molecule has 1 N–H and O–H groups in total. The summed E-state index contributed by atoms with van der Waals surface area (Å²) >= 11 is 6.28. The highest BCUT2D eigenvalue weighted by atomic mass is 35.5. The van der Waals surface area contributed by atoms with E-state index in [2.05, 4.69) is 36.5 Å². The number of amides is 2. The van der Waals surface area contributed by atoms with Crippen molar-refractivity contribution in [3.8, 4) is 0 Å². The lowest BCUT2D eigenvalue weighted by molar-refractivity contribution is -0.141. The summed E-state index contributed by atoms with van der Waals surface area (Å²) in [6.45, 7) is 3.00. The maximum absolute atomic E-state index is 13.9. The highest BCUT2D eigenvalue weighted by molar-refractivity contribution is 6.30. The molecule has 0 aliphatic heterocycles. The van der Waals surface area contributed by atoms with Gasteiger partial charge in [0.05, 0.1) is 0 Å². The molecule has 0 heterocycles. The molecule has 4 nitrogen and oxygen atoms in total. The predicted octanol–water partition coefficient (Wildman–Crippen LogP) is 6.98. The van der Waals surface area contributed by atoms with Gasteiger partial charge in [-0.05, 0) is 52.4 Å². The Balaban J connectivity index is 1.63. The minimum absolute atomic E-state index is 0.0514. The van der Waals surface area contributed by atoms with E-state index in [0.29, 0.717) is 37.4 Å². The molecule has 0 aliphatic carbocycles. The molecule has 4 aromatic carbocycles. The van der Waals surface area contributed by atoms with Crippen molar-refractivity contribution in [3.63, 3.8) is 0 Å². The van der Waals surface area contributed by atoms with Gasteiger partial charge in [0.1, 0.15) is 6.04 Å². The molecule has 0 bridgehead atoms. The highest BCUT2D eigenvalue weighted by Gasteiger charge is 2.30. The number of benzene rings is 4. The van der Waals surface area contributed by atoms with E-state index in [4.69, 9.17) is 11.6 Å². The summed E-state index contributed by atoms with van der Waals surface area (Å²) in [5.74, 6) is -0.174.